The van der Waals surface area contributed by atoms with Crippen LogP contribution in [0.1, 0.15) is 58.8 Å². The summed E-state index contributed by atoms with van der Waals surface area (Å²) < 4.78 is 0. The van der Waals surface area contributed by atoms with Crippen LogP contribution >= 0.6 is 0 Å². The van der Waals surface area contributed by atoms with Crippen LogP contribution in [0.25, 0.3) is 0 Å². The summed E-state index contributed by atoms with van der Waals surface area (Å²) in [4.78, 5) is 12.2. The first-order chi connectivity index (χ1) is 8.00. The normalized spacial score (nSPS) is 36.8. The van der Waals surface area contributed by atoms with Gasteiger partial charge in [0.05, 0.1) is 5.92 Å². The van der Waals surface area contributed by atoms with Gasteiger partial charge in [0.25, 0.3) is 0 Å². The maximum Gasteiger partial charge on any atom is 0.224 e. The van der Waals surface area contributed by atoms with Gasteiger partial charge in [-0.25, -0.2) is 0 Å². The molecule has 3 nitrogen and oxygen atoms in total. The molecule has 0 heterocycles. The second-order valence-electron chi connectivity index (χ2n) is 6.50. The topological polar surface area (TPSA) is 55.1 Å². The minimum Gasteiger partial charge on any atom is -0.353 e. The predicted molar refractivity (Wildman–Crippen MR) is 69.5 cm³/mol. The van der Waals surface area contributed by atoms with Crippen LogP contribution in [0.4, 0.5) is 0 Å². The fraction of sp³-hybridized carbons (Fsp3) is 0.929. The molecule has 0 radical (unpaired) electrons. The van der Waals surface area contributed by atoms with Crippen molar-refractivity contribution >= 4 is 5.91 Å². The summed E-state index contributed by atoms with van der Waals surface area (Å²) in [5.74, 6) is 0.266. The average Bonchev–Trinajstić information content (AvgIpc) is 2.67. The van der Waals surface area contributed by atoms with Gasteiger partial charge in [-0.05, 0) is 31.1 Å². The Morgan fingerprint density at radius 2 is 1.94 bits per heavy atom. The van der Waals surface area contributed by atoms with E-state index in [0.29, 0.717) is 6.04 Å². The molecule has 98 valence electrons. The second kappa shape index (κ2) is 4.97. The lowest BCUT2D eigenvalue weighted by atomic mass is 9.73. The van der Waals surface area contributed by atoms with Crippen LogP contribution in [0, 0.1) is 11.3 Å². The van der Waals surface area contributed by atoms with Gasteiger partial charge in [-0.1, -0.05) is 33.1 Å². The summed E-state index contributed by atoms with van der Waals surface area (Å²) in [6, 6.07) is 0.429. The van der Waals surface area contributed by atoms with Crippen LogP contribution < -0.4 is 11.1 Å². The first-order valence-corrected chi connectivity index (χ1v) is 7.07. The number of carbonyl (C=O) groups excluding carboxylic acids is 1. The molecule has 0 aliphatic heterocycles. The molecular formula is C14H26N2O. The van der Waals surface area contributed by atoms with Gasteiger partial charge in [0.15, 0.2) is 0 Å². The Bertz CT molecular complexity index is 288. The molecule has 3 heteroatoms. The zero-order valence-electron chi connectivity index (χ0n) is 11.2. The predicted octanol–water partition coefficient (Wildman–Crippen LogP) is 2.20. The van der Waals surface area contributed by atoms with Gasteiger partial charge in [-0.3, -0.25) is 4.79 Å². The second-order valence-corrected chi connectivity index (χ2v) is 6.50. The smallest absolute Gasteiger partial charge is 0.224 e. The first kappa shape index (κ1) is 12.9. The highest BCUT2D eigenvalue weighted by Gasteiger charge is 2.36. The third-order valence-electron chi connectivity index (χ3n) is 4.73. The monoisotopic (exact) mass is 238 g/mol. The van der Waals surface area contributed by atoms with Gasteiger partial charge in [-0.2, -0.15) is 0 Å². The summed E-state index contributed by atoms with van der Waals surface area (Å²) in [6.45, 7) is 4.54. The van der Waals surface area contributed by atoms with E-state index >= 15 is 0 Å². The molecule has 2 rings (SSSR count). The molecule has 0 bridgehead atoms. The summed E-state index contributed by atoms with van der Waals surface area (Å²) >= 11 is 0. The number of carbonyl (C=O) groups is 1. The van der Waals surface area contributed by atoms with E-state index in [0.717, 1.165) is 25.7 Å². The fourth-order valence-electron chi connectivity index (χ4n) is 3.35. The van der Waals surface area contributed by atoms with E-state index in [1.807, 2.05) is 0 Å². The molecule has 2 saturated carbocycles. The van der Waals surface area contributed by atoms with Crippen molar-refractivity contribution in [3.8, 4) is 0 Å². The SMILES string of the molecule is CC1(C)CCCCC1NC(=O)C1CCCC1N. The number of amides is 1. The van der Waals surface area contributed by atoms with E-state index < -0.39 is 0 Å². The van der Waals surface area contributed by atoms with Crippen molar-refractivity contribution in [2.75, 3.05) is 0 Å². The number of rotatable bonds is 2. The largest absolute Gasteiger partial charge is 0.353 e. The minimum absolute atomic E-state index is 0.0627. The van der Waals surface area contributed by atoms with Crippen LogP contribution in [0.5, 0.6) is 0 Å². The van der Waals surface area contributed by atoms with E-state index in [1.54, 1.807) is 0 Å². The molecule has 0 aromatic heterocycles. The fourth-order valence-corrected chi connectivity index (χ4v) is 3.35. The van der Waals surface area contributed by atoms with E-state index in [4.69, 9.17) is 5.73 Å². The highest BCUT2D eigenvalue weighted by atomic mass is 16.2. The summed E-state index contributed by atoms with van der Waals surface area (Å²) in [6.07, 6.45) is 7.96. The van der Waals surface area contributed by atoms with Crippen LogP contribution in [0.15, 0.2) is 0 Å². The number of nitrogens with two attached hydrogens (primary N) is 1. The number of hydrogen-bond donors (Lipinski definition) is 2. The van der Waals surface area contributed by atoms with Gasteiger partial charge >= 0.3 is 0 Å². The first-order valence-electron chi connectivity index (χ1n) is 7.07. The highest BCUT2D eigenvalue weighted by Crippen LogP contribution is 2.36. The molecule has 3 atom stereocenters. The Labute approximate surface area is 105 Å². The van der Waals surface area contributed by atoms with Gasteiger partial charge in [-0.15, -0.1) is 0 Å². The molecule has 1 amide bonds. The third-order valence-corrected chi connectivity index (χ3v) is 4.73. The van der Waals surface area contributed by atoms with Crippen molar-refractivity contribution in [3.63, 3.8) is 0 Å². The molecular weight excluding hydrogens is 212 g/mol. The summed E-state index contributed by atoms with van der Waals surface area (Å²) in [7, 11) is 0. The molecule has 3 unspecified atom stereocenters. The van der Waals surface area contributed by atoms with E-state index in [2.05, 4.69) is 19.2 Å². The van der Waals surface area contributed by atoms with Crippen LogP contribution in [-0.2, 0) is 4.79 Å². The Hall–Kier alpha value is -0.570. The lowest BCUT2D eigenvalue weighted by molar-refractivity contribution is -0.127. The summed E-state index contributed by atoms with van der Waals surface area (Å²) in [5.41, 5.74) is 6.24. The third kappa shape index (κ3) is 2.82. The highest BCUT2D eigenvalue weighted by molar-refractivity contribution is 5.80. The Morgan fingerprint density at radius 3 is 2.53 bits per heavy atom. The maximum absolute atomic E-state index is 12.2. The molecule has 17 heavy (non-hydrogen) atoms. The van der Waals surface area contributed by atoms with E-state index in [1.165, 1.54) is 19.3 Å². The van der Waals surface area contributed by atoms with Gasteiger partial charge in [0.1, 0.15) is 0 Å². The Morgan fingerprint density at radius 1 is 1.18 bits per heavy atom. The zero-order valence-corrected chi connectivity index (χ0v) is 11.2. The molecule has 0 spiro atoms. The van der Waals surface area contributed by atoms with Crippen molar-refractivity contribution < 1.29 is 4.79 Å². The van der Waals surface area contributed by atoms with Crippen LogP contribution in [0.2, 0.25) is 0 Å². The number of nitrogens with one attached hydrogen (secondary N) is 1. The van der Waals surface area contributed by atoms with E-state index in [-0.39, 0.29) is 23.3 Å². The quantitative estimate of drug-likeness (QED) is 0.775. The van der Waals surface area contributed by atoms with Crippen molar-refractivity contribution in [1.82, 2.24) is 5.32 Å². The van der Waals surface area contributed by atoms with E-state index in [9.17, 15) is 4.79 Å². The number of hydrogen-bond acceptors (Lipinski definition) is 2. The molecule has 0 saturated heterocycles. The maximum atomic E-state index is 12.2. The van der Waals surface area contributed by atoms with Gasteiger partial charge in [0.2, 0.25) is 5.91 Å². The van der Waals surface area contributed by atoms with Crippen molar-refractivity contribution in [2.45, 2.75) is 70.9 Å². The van der Waals surface area contributed by atoms with Crippen LogP contribution in [-0.4, -0.2) is 18.0 Å². The van der Waals surface area contributed by atoms with Crippen LogP contribution in [0.3, 0.4) is 0 Å². The Kier molecular flexibility index (Phi) is 3.76. The molecule has 2 fully saturated rings. The van der Waals surface area contributed by atoms with Crippen molar-refractivity contribution in [2.24, 2.45) is 17.1 Å². The lowest BCUT2D eigenvalue weighted by Gasteiger charge is -2.39. The molecule has 2 aliphatic carbocycles. The van der Waals surface area contributed by atoms with Crippen molar-refractivity contribution in [1.29, 1.82) is 0 Å². The molecule has 2 aliphatic rings. The molecule has 0 aromatic carbocycles. The lowest BCUT2D eigenvalue weighted by Crippen LogP contribution is -2.50. The zero-order chi connectivity index (χ0) is 12.5. The average molecular weight is 238 g/mol. The van der Waals surface area contributed by atoms with Crippen molar-refractivity contribution in [3.05, 3.63) is 0 Å². The minimum atomic E-state index is 0.0627. The Balaban J connectivity index is 1.93. The molecule has 3 N–H and O–H groups in total. The van der Waals surface area contributed by atoms with Gasteiger partial charge in [0, 0.05) is 12.1 Å². The van der Waals surface area contributed by atoms with Gasteiger partial charge < -0.3 is 11.1 Å². The standard InChI is InChI=1S/C14H26N2O/c1-14(2)9-4-3-8-12(14)16-13(17)10-6-5-7-11(10)15/h10-12H,3-9,15H2,1-2H3,(H,16,17). The summed E-state index contributed by atoms with van der Waals surface area (Å²) in [5, 5.41) is 3.26. The molecule has 0 aromatic rings.